The quantitative estimate of drug-likeness (QED) is 0.893. The molecule has 112 valence electrons. The molecule has 1 fully saturated rings. The molecule has 5 nitrogen and oxygen atoms in total. The van der Waals surface area contributed by atoms with Crippen molar-refractivity contribution in [1.29, 1.82) is 0 Å². The van der Waals surface area contributed by atoms with Crippen LogP contribution in [0.15, 0.2) is 18.2 Å². The van der Waals surface area contributed by atoms with Crippen LogP contribution in [0.4, 0.5) is 5.69 Å². The maximum absolute atomic E-state index is 12.4. The van der Waals surface area contributed by atoms with Crippen molar-refractivity contribution in [3.05, 3.63) is 28.8 Å². The molecule has 7 heteroatoms. The van der Waals surface area contributed by atoms with Gasteiger partial charge in [-0.3, -0.25) is 4.72 Å². The lowest BCUT2D eigenvalue weighted by atomic mass is 10.1. The lowest BCUT2D eigenvalue weighted by molar-refractivity contribution is 0.156. The molecule has 1 heterocycles. The van der Waals surface area contributed by atoms with Crippen molar-refractivity contribution in [2.24, 2.45) is 0 Å². The van der Waals surface area contributed by atoms with E-state index in [-0.39, 0.29) is 12.6 Å². The second-order valence-electron chi connectivity index (χ2n) is 5.03. The molecule has 1 aromatic carbocycles. The number of piperidine rings is 1. The van der Waals surface area contributed by atoms with Crippen molar-refractivity contribution in [3.63, 3.8) is 0 Å². The average Bonchev–Trinajstić information content (AvgIpc) is 2.42. The van der Waals surface area contributed by atoms with Crippen LogP contribution in [-0.2, 0) is 10.2 Å². The summed E-state index contributed by atoms with van der Waals surface area (Å²) in [6.45, 7) is 2.12. The Bertz CT molecular complexity index is 577. The van der Waals surface area contributed by atoms with Crippen LogP contribution in [0, 0.1) is 6.92 Å². The highest BCUT2D eigenvalue weighted by molar-refractivity contribution is 7.90. The van der Waals surface area contributed by atoms with Crippen molar-refractivity contribution in [3.8, 4) is 0 Å². The van der Waals surface area contributed by atoms with Gasteiger partial charge in [0.1, 0.15) is 0 Å². The van der Waals surface area contributed by atoms with E-state index in [2.05, 4.69) is 4.72 Å². The Morgan fingerprint density at radius 1 is 1.45 bits per heavy atom. The molecule has 0 saturated carbocycles. The zero-order valence-electron chi connectivity index (χ0n) is 11.3. The Morgan fingerprint density at radius 2 is 2.20 bits per heavy atom. The van der Waals surface area contributed by atoms with Gasteiger partial charge in [0.2, 0.25) is 0 Å². The number of nitrogens with one attached hydrogen (secondary N) is 1. The predicted molar refractivity (Wildman–Crippen MR) is 80.2 cm³/mol. The van der Waals surface area contributed by atoms with Crippen LogP contribution in [0.3, 0.4) is 0 Å². The second kappa shape index (κ2) is 6.30. The Labute approximate surface area is 124 Å². The largest absolute Gasteiger partial charge is 0.395 e. The first-order valence-electron chi connectivity index (χ1n) is 6.60. The van der Waals surface area contributed by atoms with E-state index in [9.17, 15) is 13.5 Å². The third kappa shape index (κ3) is 3.44. The van der Waals surface area contributed by atoms with Gasteiger partial charge >= 0.3 is 10.2 Å². The molecule has 0 bridgehead atoms. The molecule has 0 aliphatic carbocycles. The number of hydrogen-bond donors (Lipinski definition) is 2. The Kier molecular flexibility index (Phi) is 4.90. The van der Waals surface area contributed by atoms with Gasteiger partial charge in [-0.25, -0.2) is 0 Å². The van der Waals surface area contributed by atoms with Crippen LogP contribution in [-0.4, -0.2) is 37.0 Å². The van der Waals surface area contributed by atoms with Crippen molar-refractivity contribution < 1.29 is 13.5 Å². The van der Waals surface area contributed by atoms with Crippen LogP contribution in [0.5, 0.6) is 0 Å². The zero-order chi connectivity index (χ0) is 14.8. The first-order chi connectivity index (χ1) is 9.44. The summed E-state index contributed by atoms with van der Waals surface area (Å²) in [4.78, 5) is 0. The van der Waals surface area contributed by atoms with Gasteiger partial charge in [-0.15, -0.1) is 0 Å². The van der Waals surface area contributed by atoms with Crippen molar-refractivity contribution in [2.75, 3.05) is 17.9 Å². The van der Waals surface area contributed by atoms with Crippen molar-refractivity contribution in [2.45, 2.75) is 32.2 Å². The Balaban J connectivity index is 2.24. The van der Waals surface area contributed by atoms with Gasteiger partial charge in [-0.2, -0.15) is 12.7 Å². The summed E-state index contributed by atoms with van der Waals surface area (Å²) in [6, 6.07) is 4.81. The number of halogens is 1. The molecule has 0 spiro atoms. The average molecular weight is 319 g/mol. The minimum atomic E-state index is -3.70. The van der Waals surface area contributed by atoms with E-state index in [1.807, 2.05) is 13.0 Å². The molecule has 1 aliphatic rings. The molecule has 0 aromatic heterocycles. The predicted octanol–water partition coefficient (Wildman–Crippen LogP) is 2.15. The molecule has 1 unspecified atom stereocenters. The van der Waals surface area contributed by atoms with Crippen LogP contribution in [0.1, 0.15) is 24.8 Å². The fourth-order valence-electron chi connectivity index (χ4n) is 2.39. The summed E-state index contributed by atoms with van der Waals surface area (Å²) in [6.07, 6.45) is 2.42. The van der Waals surface area contributed by atoms with Gasteiger partial charge in [0.05, 0.1) is 17.3 Å². The molecular formula is C13H19ClN2O3S. The monoisotopic (exact) mass is 318 g/mol. The van der Waals surface area contributed by atoms with Gasteiger partial charge in [-0.1, -0.05) is 24.1 Å². The summed E-state index contributed by atoms with van der Waals surface area (Å²) >= 11 is 6.02. The number of hydrogen-bond acceptors (Lipinski definition) is 3. The summed E-state index contributed by atoms with van der Waals surface area (Å²) in [5.74, 6) is 0. The third-order valence-corrected chi connectivity index (χ3v) is 5.36. The molecular weight excluding hydrogens is 300 g/mol. The highest BCUT2D eigenvalue weighted by Crippen LogP contribution is 2.27. The molecule has 2 N–H and O–H groups in total. The highest BCUT2D eigenvalue weighted by atomic mass is 35.5. The Morgan fingerprint density at radius 3 is 2.90 bits per heavy atom. The molecule has 1 saturated heterocycles. The van der Waals surface area contributed by atoms with E-state index < -0.39 is 10.2 Å². The number of nitrogens with zero attached hydrogens (tertiary/aromatic N) is 1. The maximum atomic E-state index is 12.4. The van der Waals surface area contributed by atoms with Gasteiger partial charge in [0, 0.05) is 12.6 Å². The van der Waals surface area contributed by atoms with E-state index in [4.69, 9.17) is 11.6 Å². The Hall–Kier alpha value is -0.820. The standard InChI is InChI=1S/C13H19ClN2O3S/c1-10-5-6-12(14)13(8-10)15-20(18,19)16-7-3-2-4-11(16)9-17/h5-6,8,11,15,17H,2-4,7,9H2,1H3. The van der Waals surface area contributed by atoms with E-state index in [0.717, 1.165) is 18.4 Å². The smallest absolute Gasteiger partial charge is 0.302 e. The van der Waals surface area contributed by atoms with Gasteiger partial charge < -0.3 is 5.11 Å². The van der Waals surface area contributed by atoms with Gasteiger partial charge in [-0.05, 0) is 37.5 Å². The summed E-state index contributed by atoms with van der Waals surface area (Å²) in [7, 11) is -3.70. The number of aliphatic hydroxyl groups is 1. The van der Waals surface area contributed by atoms with E-state index in [0.29, 0.717) is 23.7 Å². The molecule has 0 radical (unpaired) electrons. The number of rotatable bonds is 4. The molecule has 1 aromatic rings. The lowest BCUT2D eigenvalue weighted by Crippen LogP contribution is -2.47. The SMILES string of the molecule is Cc1ccc(Cl)c(NS(=O)(=O)N2CCCCC2CO)c1. The molecule has 1 aliphatic heterocycles. The number of aliphatic hydroxyl groups excluding tert-OH is 1. The van der Waals surface area contributed by atoms with E-state index >= 15 is 0 Å². The molecule has 0 amide bonds. The summed E-state index contributed by atoms with van der Waals surface area (Å²) < 4.78 is 28.7. The molecule has 20 heavy (non-hydrogen) atoms. The third-order valence-electron chi connectivity index (χ3n) is 3.45. The zero-order valence-corrected chi connectivity index (χ0v) is 12.9. The highest BCUT2D eigenvalue weighted by Gasteiger charge is 2.32. The van der Waals surface area contributed by atoms with Crippen molar-refractivity contribution >= 4 is 27.5 Å². The van der Waals surface area contributed by atoms with Crippen LogP contribution in [0.25, 0.3) is 0 Å². The number of anilines is 1. The van der Waals surface area contributed by atoms with Crippen LogP contribution < -0.4 is 4.72 Å². The van der Waals surface area contributed by atoms with Gasteiger partial charge in [0.25, 0.3) is 0 Å². The van der Waals surface area contributed by atoms with Crippen molar-refractivity contribution in [1.82, 2.24) is 4.31 Å². The van der Waals surface area contributed by atoms with E-state index in [1.165, 1.54) is 4.31 Å². The van der Waals surface area contributed by atoms with Crippen LogP contribution >= 0.6 is 11.6 Å². The first kappa shape index (κ1) is 15.6. The maximum Gasteiger partial charge on any atom is 0.302 e. The van der Waals surface area contributed by atoms with Crippen LogP contribution in [0.2, 0.25) is 5.02 Å². The lowest BCUT2D eigenvalue weighted by Gasteiger charge is -2.33. The van der Waals surface area contributed by atoms with Gasteiger partial charge in [0.15, 0.2) is 0 Å². The molecule has 1 atom stereocenters. The summed E-state index contributed by atoms with van der Waals surface area (Å²) in [5.41, 5.74) is 1.29. The fraction of sp³-hybridized carbons (Fsp3) is 0.538. The normalized spacial score (nSPS) is 20.9. The fourth-order valence-corrected chi connectivity index (χ4v) is 4.11. The topological polar surface area (TPSA) is 69.6 Å². The second-order valence-corrected chi connectivity index (χ2v) is 7.06. The molecule has 2 rings (SSSR count). The number of aryl methyl sites for hydroxylation is 1. The first-order valence-corrected chi connectivity index (χ1v) is 8.42. The van der Waals surface area contributed by atoms with E-state index in [1.54, 1.807) is 12.1 Å². The minimum Gasteiger partial charge on any atom is -0.395 e. The summed E-state index contributed by atoms with van der Waals surface area (Å²) in [5, 5.41) is 9.69. The minimum absolute atomic E-state index is 0.164. The number of benzene rings is 1.